The summed E-state index contributed by atoms with van der Waals surface area (Å²) < 4.78 is 5.22. The fourth-order valence-corrected chi connectivity index (χ4v) is 1.47. The SMILES string of the molecule is c1ccc(C[C@H]2COCN2)cc1. The van der Waals surface area contributed by atoms with Gasteiger partial charge in [0.05, 0.1) is 13.3 Å². The molecule has 1 saturated heterocycles. The average molecular weight is 163 g/mol. The highest BCUT2D eigenvalue weighted by atomic mass is 16.5. The zero-order valence-corrected chi connectivity index (χ0v) is 6.99. The minimum absolute atomic E-state index is 0.507. The maximum atomic E-state index is 5.22. The van der Waals surface area contributed by atoms with Gasteiger partial charge in [0.1, 0.15) is 0 Å². The molecule has 0 saturated carbocycles. The van der Waals surface area contributed by atoms with Crippen LogP contribution in [0.25, 0.3) is 0 Å². The molecule has 0 spiro atoms. The van der Waals surface area contributed by atoms with E-state index in [9.17, 15) is 0 Å². The molecule has 1 aromatic rings. The van der Waals surface area contributed by atoms with Crippen LogP contribution in [-0.4, -0.2) is 19.4 Å². The summed E-state index contributed by atoms with van der Waals surface area (Å²) in [5, 5.41) is 3.28. The fraction of sp³-hybridized carbons (Fsp3) is 0.400. The molecule has 1 aromatic carbocycles. The molecule has 1 N–H and O–H groups in total. The van der Waals surface area contributed by atoms with Crippen molar-refractivity contribution in [3.05, 3.63) is 35.9 Å². The number of ether oxygens (including phenoxy) is 1. The Kier molecular flexibility index (Phi) is 2.39. The number of benzene rings is 1. The van der Waals surface area contributed by atoms with Gasteiger partial charge in [0.2, 0.25) is 0 Å². The molecule has 0 amide bonds. The van der Waals surface area contributed by atoms with Gasteiger partial charge in [-0.3, -0.25) is 5.32 Å². The summed E-state index contributed by atoms with van der Waals surface area (Å²) in [7, 11) is 0. The number of nitrogens with one attached hydrogen (secondary N) is 1. The van der Waals surface area contributed by atoms with Crippen LogP contribution in [0.2, 0.25) is 0 Å². The van der Waals surface area contributed by atoms with E-state index in [1.54, 1.807) is 0 Å². The Morgan fingerprint density at radius 2 is 2.17 bits per heavy atom. The fourth-order valence-electron chi connectivity index (χ4n) is 1.47. The van der Waals surface area contributed by atoms with E-state index < -0.39 is 0 Å². The van der Waals surface area contributed by atoms with Crippen LogP contribution in [0.15, 0.2) is 30.3 Å². The number of hydrogen-bond donors (Lipinski definition) is 1. The zero-order valence-electron chi connectivity index (χ0n) is 6.99. The Labute approximate surface area is 72.5 Å². The monoisotopic (exact) mass is 163 g/mol. The van der Waals surface area contributed by atoms with E-state index >= 15 is 0 Å². The van der Waals surface area contributed by atoms with Crippen LogP contribution in [0.4, 0.5) is 0 Å². The van der Waals surface area contributed by atoms with Crippen molar-refractivity contribution in [2.24, 2.45) is 0 Å². The van der Waals surface area contributed by atoms with Gasteiger partial charge in [-0.05, 0) is 12.0 Å². The summed E-state index contributed by atoms with van der Waals surface area (Å²) in [5.41, 5.74) is 1.38. The van der Waals surface area contributed by atoms with Crippen molar-refractivity contribution in [3.8, 4) is 0 Å². The second-order valence-corrected chi connectivity index (χ2v) is 3.11. The van der Waals surface area contributed by atoms with E-state index in [0.29, 0.717) is 12.8 Å². The molecule has 0 aliphatic carbocycles. The van der Waals surface area contributed by atoms with Crippen LogP contribution in [0.1, 0.15) is 5.56 Å². The lowest BCUT2D eigenvalue weighted by Crippen LogP contribution is -2.25. The van der Waals surface area contributed by atoms with Gasteiger partial charge in [-0.1, -0.05) is 30.3 Å². The van der Waals surface area contributed by atoms with E-state index in [-0.39, 0.29) is 0 Å². The molecule has 1 fully saturated rings. The van der Waals surface area contributed by atoms with E-state index in [1.165, 1.54) is 5.56 Å². The van der Waals surface area contributed by atoms with E-state index in [1.807, 2.05) is 6.07 Å². The zero-order chi connectivity index (χ0) is 8.23. The van der Waals surface area contributed by atoms with Crippen LogP contribution in [0, 0.1) is 0 Å². The molecule has 1 aliphatic heterocycles. The van der Waals surface area contributed by atoms with E-state index in [2.05, 4.69) is 29.6 Å². The molecule has 64 valence electrons. The molecule has 0 unspecified atom stereocenters. The second kappa shape index (κ2) is 3.70. The predicted molar refractivity (Wildman–Crippen MR) is 47.9 cm³/mol. The minimum Gasteiger partial charge on any atom is -0.365 e. The predicted octanol–water partition coefficient (Wildman–Crippen LogP) is 1.18. The molecular formula is C10H13NO. The highest BCUT2D eigenvalue weighted by Crippen LogP contribution is 2.05. The number of rotatable bonds is 2. The smallest absolute Gasteiger partial charge is 0.0969 e. The van der Waals surface area contributed by atoms with Crippen molar-refractivity contribution in [2.75, 3.05) is 13.3 Å². The standard InChI is InChI=1S/C10H13NO/c1-2-4-9(5-3-1)6-10-7-12-8-11-10/h1-5,10-11H,6-8H2/t10-/m0/s1. The first-order chi connectivity index (χ1) is 5.95. The van der Waals surface area contributed by atoms with Crippen LogP contribution < -0.4 is 5.32 Å². The average Bonchev–Trinajstić information content (AvgIpc) is 2.59. The molecule has 2 rings (SSSR count). The molecule has 0 radical (unpaired) electrons. The largest absolute Gasteiger partial charge is 0.365 e. The Morgan fingerprint density at radius 1 is 1.33 bits per heavy atom. The molecule has 1 atom stereocenters. The first kappa shape index (κ1) is 7.77. The van der Waals surface area contributed by atoms with Crippen molar-refractivity contribution in [1.82, 2.24) is 5.32 Å². The van der Waals surface area contributed by atoms with Crippen molar-refractivity contribution >= 4 is 0 Å². The lowest BCUT2D eigenvalue weighted by atomic mass is 10.1. The summed E-state index contributed by atoms with van der Waals surface area (Å²) in [6, 6.07) is 11.0. The van der Waals surface area contributed by atoms with Crippen LogP contribution in [-0.2, 0) is 11.2 Å². The molecule has 0 aromatic heterocycles. The van der Waals surface area contributed by atoms with E-state index in [0.717, 1.165) is 13.0 Å². The van der Waals surface area contributed by atoms with Gasteiger partial charge >= 0.3 is 0 Å². The first-order valence-corrected chi connectivity index (χ1v) is 4.30. The Bertz CT molecular complexity index is 229. The minimum atomic E-state index is 0.507. The molecule has 0 bridgehead atoms. The van der Waals surface area contributed by atoms with Crippen LogP contribution in [0.5, 0.6) is 0 Å². The van der Waals surface area contributed by atoms with Crippen molar-refractivity contribution in [2.45, 2.75) is 12.5 Å². The molecule has 12 heavy (non-hydrogen) atoms. The highest BCUT2D eigenvalue weighted by molar-refractivity contribution is 5.16. The van der Waals surface area contributed by atoms with Gasteiger partial charge < -0.3 is 4.74 Å². The van der Waals surface area contributed by atoms with E-state index in [4.69, 9.17) is 4.74 Å². The maximum Gasteiger partial charge on any atom is 0.0969 e. The first-order valence-electron chi connectivity index (χ1n) is 4.30. The highest BCUT2D eigenvalue weighted by Gasteiger charge is 2.13. The van der Waals surface area contributed by atoms with Gasteiger partial charge in [0, 0.05) is 6.04 Å². The molecule has 1 heterocycles. The third-order valence-electron chi connectivity index (χ3n) is 2.12. The van der Waals surface area contributed by atoms with Crippen molar-refractivity contribution < 1.29 is 4.74 Å². The Hall–Kier alpha value is -0.860. The summed E-state index contributed by atoms with van der Waals surface area (Å²) in [6.07, 6.45) is 1.07. The molecule has 2 heteroatoms. The maximum absolute atomic E-state index is 5.22. The van der Waals surface area contributed by atoms with Crippen LogP contribution in [0.3, 0.4) is 0 Å². The topological polar surface area (TPSA) is 21.3 Å². The molecular weight excluding hydrogens is 150 g/mol. The number of hydrogen-bond acceptors (Lipinski definition) is 2. The molecule has 2 nitrogen and oxygen atoms in total. The third-order valence-corrected chi connectivity index (χ3v) is 2.12. The van der Waals surface area contributed by atoms with Gasteiger partial charge in [-0.2, -0.15) is 0 Å². The second-order valence-electron chi connectivity index (χ2n) is 3.11. The quantitative estimate of drug-likeness (QED) is 0.706. The Balaban J connectivity index is 1.94. The van der Waals surface area contributed by atoms with Gasteiger partial charge in [-0.15, -0.1) is 0 Å². The molecule has 1 aliphatic rings. The van der Waals surface area contributed by atoms with Crippen molar-refractivity contribution in [3.63, 3.8) is 0 Å². The third kappa shape index (κ3) is 1.84. The Morgan fingerprint density at radius 3 is 2.83 bits per heavy atom. The van der Waals surface area contributed by atoms with Gasteiger partial charge in [0.15, 0.2) is 0 Å². The normalized spacial score (nSPS) is 22.8. The lowest BCUT2D eigenvalue weighted by molar-refractivity contribution is 0.189. The summed E-state index contributed by atoms with van der Waals surface area (Å²) >= 11 is 0. The summed E-state index contributed by atoms with van der Waals surface area (Å²) in [6.45, 7) is 1.55. The van der Waals surface area contributed by atoms with Crippen LogP contribution >= 0.6 is 0 Å². The summed E-state index contributed by atoms with van der Waals surface area (Å²) in [4.78, 5) is 0. The van der Waals surface area contributed by atoms with Gasteiger partial charge in [-0.25, -0.2) is 0 Å². The van der Waals surface area contributed by atoms with Gasteiger partial charge in [0.25, 0.3) is 0 Å². The summed E-state index contributed by atoms with van der Waals surface area (Å²) in [5.74, 6) is 0. The van der Waals surface area contributed by atoms with Crippen molar-refractivity contribution in [1.29, 1.82) is 0 Å². The lowest BCUT2D eigenvalue weighted by Gasteiger charge is -2.07.